The van der Waals surface area contributed by atoms with Gasteiger partial charge in [-0.05, 0) is 52.2 Å². The van der Waals surface area contributed by atoms with Crippen molar-refractivity contribution in [3.63, 3.8) is 0 Å². The van der Waals surface area contributed by atoms with Crippen LogP contribution >= 0.6 is 27.5 Å². The average molecular weight is 391 g/mol. The van der Waals surface area contributed by atoms with Gasteiger partial charge in [-0.25, -0.2) is 8.42 Å². The molecular formula is C14H13BrClNO3S. The first-order valence-electron chi connectivity index (χ1n) is 6.02. The Bertz CT molecular complexity index is 778. The van der Waals surface area contributed by atoms with Gasteiger partial charge in [0.2, 0.25) is 0 Å². The molecule has 0 aromatic heterocycles. The summed E-state index contributed by atoms with van der Waals surface area (Å²) in [6.45, 7) is 1.47. The van der Waals surface area contributed by atoms with Gasteiger partial charge in [-0.1, -0.05) is 29.8 Å². The second kappa shape index (κ2) is 6.36. The van der Waals surface area contributed by atoms with E-state index in [-0.39, 0.29) is 11.5 Å². The van der Waals surface area contributed by atoms with Gasteiger partial charge in [-0.15, -0.1) is 0 Å². The van der Waals surface area contributed by atoms with Crippen LogP contribution < -0.4 is 4.72 Å². The number of aryl methyl sites for hydroxylation is 1. The summed E-state index contributed by atoms with van der Waals surface area (Å²) in [5.74, 6) is 0. The monoisotopic (exact) mass is 389 g/mol. The maximum Gasteiger partial charge on any atom is 0.262 e. The minimum atomic E-state index is -3.81. The van der Waals surface area contributed by atoms with E-state index in [0.717, 1.165) is 5.56 Å². The quantitative estimate of drug-likeness (QED) is 0.836. The molecule has 2 rings (SSSR count). The van der Waals surface area contributed by atoms with Gasteiger partial charge in [0.05, 0.1) is 17.2 Å². The fraction of sp³-hybridized carbons (Fsp3) is 0.143. The van der Waals surface area contributed by atoms with Crippen molar-refractivity contribution in [3.8, 4) is 0 Å². The fourth-order valence-electron chi connectivity index (χ4n) is 1.82. The van der Waals surface area contributed by atoms with Crippen LogP contribution in [0.4, 0.5) is 5.69 Å². The van der Waals surface area contributed by atoms with Crippen molar-refractivity contribution >= 4 is 43.2 Å². The van der Waals surface area contributed by atoms with Gasteiger partial charge in [0, 0.05) is 9.50 Å². The number of hydrogen-bond acceptors (Lipinski definition) is 3. The van der Waals surface area contributed by atoms with Crippen LogP contribution in [0.5, 0.6) is 0 Å². The maximum absolute atomic E-state index is 12.4. The molecule has 0 saturated carbocycles. The SMILES string of the molecule is Cc1cc(Br)c(NS(=O)(=O)c2ccccc2CO)cc1Cl. The lowest BCUT2D eigenvalue weighted by Crippen LogP contribution is -2.15. The lowest BCUT2D eigenvalue weighted by Gasteiger charge is -2.13. The molecule has 0 aliphatic heterocycles. The molecule has 112 valence electrons. The first-order valence-corrected chi connectivity index (χ1v) is 8.68. The summed E-state index contributed by atoms with van der Waals surface area (Å²) in [6.07, 6.45) is 0. The first-order chi connectivity index (χ1) is 9.85. The van der Waals surface area contributed by atoms with E-state index in [0.29, 0.717) is 20.7 Å². The Morgan fingerprint density at radius 1 is 1.29 bits per heavy atom. The van der Waals surface area contributed by atoms with Crippen molar-refractivity contribution in [2.75, 3.05) is 4.72 Å². The average Bonchev–Trinajstić information content (AvgIpc) is 2.44. The van der Waals surface area contributed by atoms with E-state index < -0.39 is 10.0 Å². The molecule has 7 heteroatoms. The molecule has 0 aliphatic carbocycles. The van der Waals surface area contributed by atoms with Gasteiger partial charge < -0.3 is 5.11 Å². The third-order valence-electron chi connectivity index (χ3n) is 2.93. The highest BCUT2D eigenvalue weighted by Gasteiger charge is 2.19. The van der Waals surface area contributed by atoms with Crippen LogP contribution in [0, 0.1) is 6.92 Å². The molecule has 2 aromatic carbocycles. The number of aliphatic hydroxyl groups is 1. The summed E-state index contributed by atoms with van der Waals surface area (Å²) < 4.78 is 28.0. The summed E-state index contributed by atoms with van der Waals surface area (Å²) in [5, 5.41) is 9.72. The molecule has 2 aromatic rings. The molecule has 0 heterocycles. The minimum Gasteiger partial charge on any atom is -0.392 e. The van der Waals surface area contributed by atoms with Gasteiger partial charge in [0.15, 0.2) is 0 Å². The fourth-order valence-corrected chi connectivity index (χ4v) is 3.98. The van der Waals surface area contributed by atoms with Gasteiger partial charge in [-0.3, -0.25) is 4.72 Å². The van der Waals surface area contributed by atoms with Crippen molar-refractivity contribution in [1.29, 1.82) is 0 Å². The lowest BCUT2D eigenvalue weighted by atomic mass is 10.2. The van der Waals surface area contributed by atoms with E-state index in [9.17, 15) is 13.5 Å². The molecule has 0 atom stereocenters. The topological polar surface area (TPSA) is 66.4 Å². The zero-order valence-electron chi connectivity index (χ0n) is 11.1. The molecule has 0 radical (unpaired) electrons. The van der Waals surface area contributed by atoms with E-state index in [1.54, 1.807) is 30.3 Å². The van der Waals surface area contributed by atoms with Crippen LogP contribution in [0.25, 0.3) is 0 Å². The number of sulfonamides is 1. The number of rotatable bonds is 4. The molecule has 0 spiro atoms. The van der Waals surface area contributed by atoms with Crippen molar-refractivity contribution in [2.45, 2.75) is 18.4 Å². The Morgan fingerprint density at radius 2 is 1.95 bits per heavy atom. The smallest absolute Gasteiger partial charge is 0.262 e. The van der Waals surface area contributed by atoms with Crippen LogP contribution in [0.2, 0.25) is 5.02 Å². The predicted molar refractivity (Wildman–Crippen MR) is 87.1 cm³/mol. The van der Waals surface area contributed by atoms with Crippen LogP contribution in [-0.2, 0) is 16.6 Å². The van der Waals surface area contributed by atoms with E-state index in [4.69, 9.17) is 11.6 Å². The van der Waals surface area contributed by atoms with Crippen LogP contribution in [0.3, 0.4) is 0 Å². The highest BCUT2D eigenvalue weighted by Crippen LogP contribution is 2.31. The van der Waals surface area contributed by atoms with E-state index in [1.165, 1.54) is 6.07 Å². The van der Waals surface area contributed by atoms with Crippen molar-refractivity contribution in [2.24, 2.45) is 0 Å². The molecule has 0 unspecified atom stereocenters. The molecule has 0 amide bonds. The third-order valence-corrected chi connectivity index (χ3v) is 5.45. The van der Waals surface area contributed by atoms with Gasteiger partial charge in [0.25, 0.3) is 10.0 Å². The van der Waals surface area contributed by atoms with Gasteiger partial charge in [0.1, 0.15) is 0 Å². The second-order valence-corrected chi connectivity index (χ2v) is 7.36. The first kappa shape index (κ1) is 16.3. The Balaban J connectivity index is 2.45. The molecule has 0 aliphatic rings. The third kappa shape index (κ3) is 3.58. The predicted octanol–water partition coefficient (Wildman–Crippen LogP) is 3.70. The molecule has 0 saturated heterocycles. The maximum atomic E-state index is 12.4. The van der Waals surface area contributed by atoms with E-state index in [1.807, 2.05) is 6.92 Å². The number of anilines is 1. The molecule has 21 heavy (non-hydrogen) atoms. The summed E-state index contributed by atoms with van der Waals surface area (Å²) in [5.41, 5.74) is 1.51. The number of aliphatic hydroxyl groups excluding tert-OH is 1. The summed E-state index contributed by atoms with van der Waals surface area (Å²) in [6, 6.07) is 9.55. The summed E-state index contributed by atoms with van der Waals surface area (Å²) >= 11 is 9.33. The van der Waals surface area contributed by atoms with Crippen molar-refractivity contribution in [3.05, 3.63) is 57.0 Å². The molecule has 0 bridgehead atoms. The molecule has 0 fully saturated rings. The number of benzene rings is 2. The highest BCUT2D eigenvalue weighted by atomic mass is 79.9. The number of hydrogen-bond donors (Lipinski definition) is 2. The number of halogens is 2. The zero-order chi connectivity index (χ0) is 15.6. The van der Waals surface area contributed by atoms with E-state index in [2.05, 4.69) is 20.7 Å². The largest absolute Gasteiger partial charge is 0.392 e. The van der Waals surface area contributed by atoms with Crippen molar-refractivity contribution in [1.82, 2.24) is 0 Å². The molecule has 4 nitrogen and oxygen atoms in total. The van der Waals surface area contributed by atoms with Crippen LogP contribution in [0.1, 0.15) is 11.1 Å². The van der Waals surface area contributed by atoms with Crippen LogP contribution in [-0.4, -0.2) is 13.5 Å². The Morgan fingerprint density at radius 3 is 2.62 bits per heavy atom. The Kier molecular flexibility index (Phi) is 4.93. The zero-order valence-corrected chi connectivity index (χ0v) is 14.3. The Labute approximate surface area is 136 Å². The standard InChI is InChI=1S/C14H13BrClNO3S/c1-9-6-11(15)13(7-12(9)16)17-21(19,20)14-5-3-2-4-10(14)8-18/h2-7,17-18H,8H2,1H3. The Hall–Kier alpha value is -1.08. The summed E-state index contributed by atoms with van der Waals surface area (Å²) in [7, 11) is -3.81. The lowest BCUT2D eigenvalue weighted by molar-refractivity contribution is 0.278. The van der Waals surface area contributed by atoms with E-state index >= 15 is 0 Å². The van der Waals surface area contributed by atoms with Crippen molar-refractivity contribution < 1.29 is 13.5 Å². The highest BCUT2D eigenvalue weighted by molar-refractivity contribution is 9.10. The number of nitrogens with one attached hydrogen (secondary N) is 1. The summed E-state index contributed by atoms with van der Waals surface area (Å²) in [4.78, 5) is 0.0381. The second-order valence-electron chi connectivity index (χ2n) is 4.45. The van der Waals surface area contributed by atoms with Gasteiger partial charge in [-0.2, -0.15) is 0 Å². The minimum absolute atomic E-state index is 0.0381. The molecule has 2 N–H and O–H groups in total. The normalized spacial score (nSPS) is 11.4. The van der Waals surface area contributed by atoms with Gasteiger partial charge >= 0.3 is 0 Å². The van der Waals surface area contributed by atoms with Crippen LogP contribution in [0.15, 0.2) is 45.8 Å². The molecular weight excluding hydrogens is 378 g/mol.